The number of likely N-dealkylation sites (N-methyl/N-ethyl adjacent to an activating group) is 1. The molecule has 2 heterocycles. The minimum absolute atomic E-state index is 0. The Labute approximate surface area is 173 Å². The van der Waals surface area contributed by atoms with Gasteiger partial charge < -0.3 is 15.1 Å². The van der Waals surface area contributed by atoms with Crippen LogP contribution in [0.15, 0.2) is 27.8 Å². The summed E-state index contributed by atoms with van der Waals surface area (Å²) in [5.74, 6) is 1.73. The SMILES string of the molecule is CCNC(=NCc1c(C)nn(C)c1C)NCC(c1ccco1)N(C)C.I. The van der Waals surface area contributed by atoms with Gasteiger partial charge in [0.15, 0.2) is 5.96 Å². The molecule has 2 aromatic rings. The molecule has 0 spiro atoms. The summed E-state index contributed by atoms with van der Waals surface area (Å²) >= 11 is 0. The Kier molecular flexibility index (Phi) is 9.14. The normalized spacial score (nSPS) is 12.8. The molecule has 0 aromatic carbocycles. The first-order valence-corrected chi connectivity index (χ1v) is 8.65. The molecule has 0 saturated heterocycles. The van der Waals surface area contributed by atoms with Crippen molar-refractivity contribution < 1.29 is 4.42 Å². The van der Waals surface area contributed by atoms with Crippen LogP contribution in [0.1, 0.15) is 35.7 Å². The van der Waals surface area contributed by atoms with Crippen molar-refractivity contribution in [2.24, 2.45) is 12.0 Å². The Morgan fingerprint density at radius 2 is 2.08 bits per heavy atom. The van der Waals surface area contributed by atoms with Crippen molar-refractivity contribution in [3.05, 3.63) is 41.1 Å². The van der Waals surface area contributed by atoms with Gasteiger partial charge in [-0.05, 0) is 47.0 Å². The van der Waals surface area contributed by atoms with Gasteiger partial charge in [-0.25, -0.2) is 4.99 Å². The molecule has 1 atom stereocenters. The predicted octanol–water partition coefficient (Wildman–Crippen LogP) is 2.61. The second-order valence-corrected chi connectivity index (χ2v) is 6.34. The Hall–Kier alpha value is -1.55. The van der Waals surface area contributed by atoms with E-state index >= 15 is 0 Å². The maximum absolute atomic E-state index is 5.56. The van der Waals surface area contributed by atoms with Gasteiger partial charge in [-0.3, -0.25) is 9.58 Å². The number of nitrogens with zero attached hydrogens (tertiary/aromatic N) is 4. The first-order chi connectivity index (χ1) is 11.9. The van der Waals surface area contributed by atoms with E-state index in [0.717, 1.165) is 29.7 Å². The van der Waals surface area contributed by atoms with Crippen LogP contribution in [-0.2, 0) is 13.6 Å². The third-order valence-electron chi connectivity index (χ3n) is 4.36. The zero-order valence-corrected chi connectivity index (χ0v) is 18.9. The van der Waals surface area contributed by atoms with E-state index in [0.29, 0.717) is 13.1 Å². The van der Waals surface area contributed by atoms with Gasteiger partial charge in [0.2, 0.25) is 0 Å². The van der Waals surface area contributed by atoms with Crippen molar-refractivity contribution in [3.8, 4) is 0 Å². The van der Waals surface area contributed by atoms with E-state index in [1.807, 2.05) is 44.9 Å². The summed E-state index contributed by atoms with van der Waals surface area (Å²) in [7, 11) is 6.05. The molecule has 0 aliphatic heterocycles. The number of aliphatic imine (C=N–C) groups is 1. The molecule has 1 unspecified atom stereocenters. The lowest BCUT2D eigenvalue weighted by molar-refractivity contribution is 0.258. The van der Waals surface area contributed by atoms with Crippen LogP contribution < -0.4 is 10.6 Å². The summed E-state index contributed by atoms with van der Waals surface area (Å²) in [6.07, 6.45) is 1.71. The van der Waals surface area contributed by atoms with Crippen molar-refractivity contribution in [1.29, 1.82) is 0 Å². The number of hydrogen-bond donors (Lipinski definition) is 2. The third-order valence-corrected chi connectivity index (χ3v) is 4.36. The van der Waals surface area contributed by atoms with Crippen LogP contribution >= 0.6 is 24.0 Å². The summed E-state index contributed by atoms with van der Waals surface area (Å²) in [6.45, 7) is 8.28. The summed E-state index contributed by atoms with van der Waals surface area (Å²) in [6, 6.07) is 4.05. The Balaban J connectivity index is 0.00000338. The van der Waals surface area contributed by atoms with E-state index in [2.05, 4.69) is 34.5 Å². The molecule has 0 aliphatic carbocycles. The largest absolute Gasteiger partial charge is 0.468 e. The molecule has 2 aromatic heterocycles. The molecule has 0 amide bonds. The molecule has 0 fully saturated rings. The molecule has 0 bridgehead atoms. The number of halogens is 1. The number of rotatable bonds is 7. The van der Waals surface area contributed by atoms with Crippen LogP contribution in [-0.4, -0.2) is 47.8 Å². The van der Waals surface area contributed by atoms with Gasteiger partial charge >= 0.3 is 0 Å². The monoisotopic (exact) mass is 474 g/mol. The number of hydrogen-bond acceptors (Lipinski definition) is 4. The number of guanidine groups is 1. The second-order valence-electron chi connectivity index (χ2n) is 6.34. The lowest BCUT2D eigenvalue weighted by atomic mass is 10.2. The predicted molar refractivity (Wildman–Crippen MR) is 116 cm³/mol. The molecule has 0 radical (unpaired) electrons. The molecule has 2 N–H and O–H groups in total. The Morgan fingerprint density at radius 3 is 2.58 bits per heavy atom. The minimum atomic E-state index is 0. The molecule has 8 heteroatoms. The fourth-order valence-electron chi connectivity index (χ4n) is 2.76. The maximum atomic E-state index is 5.56. The van der Waals surface area contributed by atoms with E-state index in [4.69, 9.17) is 9.41 Å². The zero-order valence-electron chi connectivity index (χ0n) is 16.5. The number of aryl methyl sites for hydroxylation is 2. The minimum Gasteiger partial charge on any atom is -0.468 e. The summed E-state index contributed by atoms with van der Waals surface area (Å²) in [5.41, 5.74) is 3.36. The van der Waals surface area contributed by atoms with Gasteiger partial charge in [-0.2, -0.15) is 5.10 Å². The van der Waals surface area contributed by atoms with Crippen LogP contribution in [0.4, 0.5) is 0 Å². The van der Waals surface area contributed by atoms with Crippen molar-refractivity contribution in [1.82, 2.24) is 25.3 Å². The lowest BCUT2D eigenvalue weighted by Gasteiger charge is -2.23. The van der Waals surface area contributed by atoms with Crippen molar-refractivity contribution in [2.75, 3.05) is 27.2 Å². The van der Waals surface area contributed by atoms with Gasteiger partial charge in [-0.1, -0.05) is 0 Å². The fraction of sp³-hybridized carbons (Fsp3) is 0.556. The van der Waals surface area contributed by atoms with Crippen LogP contribution in [0.2, 0.25) is 0 Å². The Morgan fingerprint density at radius 1 is 1.35 bits per heavy atom. The van der Waals surface area contributed by atoms with E-state index in [1.165, 1.54) is 5.56 Å². The van der Waals surface area contributed by atoms with Crippen LogP contribution in [0, 0.1) is 13.8 Å². The number of aromatic nitrogens is 2. The number of nitrogens with one attached hydrogen (secondary N) is 2. The lowest BCUT2D eigenvalue weighted by Crippen LogP contribution is -2.41. The average Bonchev–Trinajstić information content (AvgIpc) is 3.15. The molecule has 0 saturated carbocycles. The summed E-state index contributed by atoms with van der Waals surface area (Å²) in [5, 5.41) is 11.2. The highest BCUT2D eigenvalue weighted by molar-refractivity contribution is 14.0. The van der Waals surface area contributed by atoms with Crippen molar-refractivity contribution in [2.45, 2.75) is 33.4 Å². The molecular formula is C18H31IN6O. The quantitative estimate of drug-likeness (QED) is 0.367. The van der Waals surface area contributed by atoms with Crippen LogP contribution in [0.25, 0.3) is 0 Å². The van der Waals surface area contributed by atoms with Gasteiger partial charge in [0.25, 0.3) is 0 Å². The van der Waals surface area contributed by atoms with Gasteiger partial charge in [-0.15, -0.1) is 24.0 Å². The van der Waals surface area contributed by atoms with Crippen LogP contribution in [0.5, 0.6) is 0 Å². The Bertz CT molecular complexity index is 693. The highest BCUT2D eigenvalue weighted by Gasteiger charge is 2.17. The molecule has 2 rings (SSSR count). The van der Waals surface area contributed by atoms with E-state index in [1.54, 1.807) is 6.26 Å². The van der Waals surface area contributed by atoms with E-state index in [9.17, 15) is 0 Å². The third kappa shape index (κ3) is 5.73. The molecule has 7 nitrogen and oxygen atoms in total. The molecular weight excluding hydrogens is 443 g/mol. The maximum Gasteiger partial charge on any atom is 0.191 e. The standard InChI is InChI=1S/C18H30N6O.HI/c1-7-19-18(20-11-15-13(2)22-24(6)14(15)3)21-12-16(23(4)5)17-9-8-10-25-17;/h8-10,16H,7,11-12H2,1-6H3,(H2,19,20,21);1H. The van der Waals surface area contributed by atoms with E-state index < -0.39 is 0 Å². The van der Waals surface area contributed by atoms with Gasteiger partial charge in [0.1, 0.15) is 5.76 Å². The summed E-state index contributed by atoms with van der Waals surface area (Å²) < 4.78 is 7.46. The summed E-state index contributed by atoms with van der Waals surface area (Å²) in [4.78, 5) is 6.85. The van der Waals surface area contributed by atoms with Gasteiger partial charge in [0, 0.05) is 31.4 Å². The first-order valence-electron chi connectivity index (χ1n) is 8.65. The van der Waals surface area contributed by atoms with Crippen molar-refractivity contribution in [3.63, 3.8) is 0 Å². The zero-order chi connectivity index (χ0) is 18.4. The average molecular weight is 474 g/mol. The fourth-order valence-corrected chi connectivity index (χ4v) is 2.76. The molecule has 146 valence electrons. The second kappa shape index (κ2) is 10.6. The van der Waals surface area contributed by atoms with E-state index in [-0.39, 0.29) is 30.0 Å². The smallest absolute Gasteiger partial charge is 0.191 e. The topological polar surface area (TPSA) is 70.6 Å². The molecule has 26 heavy (non-hydrogen) atoms. The first kappa shape index (κ1) is 22.5. The van der Waals surface area contributed by atoms with Crippen molar-refractivity contribution >= 4 is 29.9 Å². The highest BCUT2D eigenvalue weighted by Crippen LogP contribution is 2.17. The number of furan rings is 1. The van der Waals surface area contributed by atoms with Gasteiger partial charge in [0.05, 0.1) is 24.5 Å². The highest BCUT2D eigenvalue weighted by atomic mass is 127. The molecule has 0 aliphatic rings. The van der Waals surface area contributed by atoms with Crippen LogP contribution in [0.3, 0.4) is 0 Å².